The van der Waals surface area contributed by atoms with Crippen molar-refractivity contribution in [1.29, 1.82) is 0 Å². The molecule has 0 aliphatic heterocycles. The largest absolute Gasteiger partial charge is 0.368 e. The summed E-state index contributed by atoms with van der Waals surface area (Å²) in [5.74, 6) is 20.5. The first kappa shape index (κ1) is 133. The fraction of sp³-hybridized carbons (Fsp3) is 0.653. The summed E-state index contributed by atoms with van der Waals surface area (Å²) in [7, 11) is 26.4. The summed E-state index contributed by atoms with van der Waals surface area (Å²) < 4.78 is 0. The van der Waals surface area contributed by atoms with E-state index in [0.717, 1.165) is 178 Å². The Labute approximate surface area is 890 Å². The van der Waals surface area contributed by atoms with Crippen LogP contribution in [0.1, 0.15) is 237 Å². The predicted molar refractivity (Wildman–Crippen MR) is 613 cm³/mol. The molecule has 0 spiro atoms. The van der Waals surface area contributed by atoms with E-state index in [4.69, 9.17) is 22.9 Å². The minimum atomic E-state index is 0.276. The molecule has 0 aliphatic rings. The lowest BCUT2D eigenvalue weighted by Gasteiger charge is -2.16. The lowest BCUT2D eigenvalue weighted by atomic mass is 10.2. The second-order valence-corrected chi connectivity index (χ2v) is 33.9. The minimum absolute atomic E-state index is 0.276. The average molecular weight is 2090 g/mol. The summed E-state index contributed by atoms with van der Waals surface area (Å²) in [6.07, 6.45) is 17.2. The molecule has 0 fully saturated rings. The predicted octanol–water partition coefficient (Wildman–Crippen LogP) is 11.4. The van der Waals surface area contributed by atoms with Gasteiger partial charge in [-0.3, -0.25) is 0 Å². The third-order valence-electron chi connectivity index (χ3n) is 19.1. The number of rotatable bonds is 44. The first-order valence-electron chi connectivity index (χ1n) is 51.2. The number of aryl methyl sites for hydroxylation is 11. The van der Waals surface area contributed by atoms with Crippen LogP contribution < -0.4 is 116 Å². The van der Waals surface area contributed by atoms with Crippen molar-refractivity contribution >= 4 is 131 Å². The zero-order valence-electron chi connectivity index (χ0n) is 96.6. The van der Waals surface area contributed by atoms with E-state index >= 15 is 0 Å². The molecule has 0 atom stereocenters. The summed E-state index contributed by atoms with van der Waals surface area (Å²) in [5, 5.41) is 33.4. The van der Waals surface area contributed by atoms with Gasteiger partial charge in [-0.15, -0.1) is 0 Å². The van der Waals surface area contributed by atoms with E-state index in [2.05, 4.69) is 278 Å². The Morgan fingerprint density at radius 2 is 0.393 bits per heavy atom. The van der Waals surface area contributed by atoms with Crippen LogP contribution in [-0.4, -0.2) is 335 Å². The van der Waals surface area contributed by atoms with Crippen LogP contribution in [0.5, 0.6) is 0 Å². The van der Waals surface area contributed by atoms with Crippen molar-refractivity contribution < 1.29 is 0 Å². The van der Waals surface area contributed by atoms with Crippen molar-refractivity contribution in [1.82, 2.24) is 164 Å². The van der Waals surface area contributed by atoms with Crippen molar-refractivity contribution in [2.75, 3.05) is 286 Å². The van der Waals surface area contributed by atoms with Gasteiger partial charge in [0.05, 0.1) is 0 Å². The standard InChI is InChI=1S/3C10H19N5.3C9H17N5.3C8H15N5.2C7H13N5/c1-5-6-7-11-9-12-8(2)13-10(14-9)15(3)4;1-4-5-6-7-15(3)10-13-8(2)12-9(11)14-10;1-4-5-6-7-12-10-14-8(2)13-9(11-3)15-10;1-5-6-10-8-11-7(2)12-9(13-8)14(3)4;1-4-5-6-14(3)9-12-7(2)11-8(10)13-9;1-4-5-6-11-9-13-7(2)12-8(10-3)14-9;1-5-9-7-10-6(2)11-8(12-7)13(3)4;1-4-5-13(3)8-11-6(2)10-7(9)12-8;1-4-5-10-8-12-6(2)11-7(9-3)13-8;1-4-12(3)7-10-5(2)9-6(8)11-7;1-4-9-7-11-5(2)10-6(8-3)12-7/h5-7H2,1-4H3,(H,11,12,13,14);4-7H2,1-3H3,(H2,11,12,13,14);4-7H2,1-3H3,(H2,11,12,13,14,15);5-6H2,1-4H3,(H,10,11,12,13);4-6H2,1-3H3,(H2,10,11,12,13);4-6H2,1-3H3,(H2,10,11,12,13,14);5H2,1-4H3,(H,9,10,11,12);4-5H2,1-3H3,(H2,9,10,11,12);4-5H2,1-3H3,(H2,9,10,11,12,13);4H2,1-3H3,(H2,8,9,10,11);4H2,1-3H3,(H2,8,9,10,11,12). The van der Waals surface area contributed by atoms with Gasteiger partial charge in [0.1, 0.15) is 64.1 Å². The second kappa shape index (κ2) is 77.1. The first-order chi connectivity index (χ1) is 71.4. The molecule has 11 aromatic rings. The maximum absolute atomic E-state index is 5.56. The van der Waals surface area contributed by atoms with Crippen LogP contribution in [0.15, 0.2) is 0 Å². The molecule has 55 nitrogen and oxygen atoms in total. The fourth-order valence-electron chi connectivity index (χ4n) is 11.5. The fourth-order valence-corrected chi connectivity index (χ4v) is 11.5. The molecule has 11 heterocycles. The van der Waals surface area contributed by atoms with Crippen molar-refractivity contribution in [2.45, 2.75) is 249 Å². The highest BCUT2D eigenvalue weighted by molar-refractivity contribution is 5.43. The number of hydrogen-bond acceptors (Lipinski definition) is 55. The molecule has 11 rings (SSSR count). The Kier molecular flexibility index (Phi) is 68.3. The number of hydrogen-bond donors (Lipinski definition) is 15. The molecular weight excluding hydrogens is 1910 g/mol. The molecule has 0 aromatic carbocycles. The first-order valence-corrected chi connectivity index (χ1v) is 51.2. The second-order valence-electron chi connectivity index (χ2n) is 33.9. The zero-order chi connectivity index (χ0) is 113. The number of anilines is 22. The number of nitrogens with two attached hydrogens (primary N) is 4. The summed E-state index contributed by atoms with van der Waals surface area (Å²) in [4.78, 5) is 150. The zero-order valence-corrected chi connectivity index (χ0v) is 96.6. The summed E-state index contributed by atoms with van der Waals surface area (Å²) >= 11 is 0. The maximum Gasteiger partial charge on any atom is 0.230 e. The molecule has 150 heavy (non-hydrogen) atoms. The van der Waals surface area contributed by atoms with E-state index in [9.17, 15) is 0 Å². The highest BCUT2D eigenvalue weighted by atomic mass is 15.3. The Hall–Kier alpha value is -15.3. The van der Waals surface area contributed by atoms with Gasteiger partial charge in [0.2, 0.25) is 131 Å². The SMILES string of the molecule is CCCCCN(C)c1nc(C)nc(N)n1.CCCCCNc1nc(C)nc(NC)n1.CCCCN(C)c1nc(C)nc(N)n1.CCCCNc1nc(C)nc(N(C)C)n1.CCCCNc1nc(C)nc(NC)n1.CCCN(C)c1nc(C)nc(N)n1.CCCNc1nc(C)nc(N(C)C)n1.CCCNc1nc(C)nc(NC)n1.CCN(C)c1nc(C)nc(N)n1.CCNc1nc(C)nc(N(C)C)n1.CCNc1nc(C)nc(NC)n1. The van der Waals surface area contributed by atoms with Crippen molar-refractivity contribution in [2.24, 2.45) is 0 Å². The number of nitrogens with one attached hydrogen (secondary N) is 11. The highest BCUT2D eigenvalue weighted by Gasteiger charge is 2.15. The number of unbranched alkanes of at least 4 members (excludes halogenated alkanes) is 7. The normalized spacial score (nSPS) is 10.0. The Bertz CT molecular complexity index is 5390. The topological polar surface area (TPSA) is 684 Å². The van der Waals surface area contributed by atoms with Gasteiger partial charge in [-0.25, -0.2) is 0 Å². The van der Waals surface area contributed by atoms with Crippen LogP contribution in [0.3, 0.4) is 0 Å². The third-order valence-corrected chi connectivity index (χ3v) is 19.1. The van der Waals surface area contributed by atoms with Gasteiger partial charge in [-0.2, -0.15) is 164 Å². The van der Waals surface area contributed by atoms with Crippen LogP contribution in [-0.2, 0) is 0 Å². The molecule has 0 saturated carbocycles. The Balaban J connectivity index is 0.000000826. The van der Waals surface area contributed by atoms with Crippen molar-refractivity contribution in [3.05, 3.63) is 64.1 Å². The van der Waals surface area contributed by atoms with Crippen molar-refractivity contribution in [3.8, 4) is 0 Å². The minimum Gasteiger partial charge on any atom is -0.368 e. The van der Waals surface area contributed by atoms with E-state index in [1.807, 2.05) is 188 Å². The molecule has 0 unspecified atom stereocenters. The monoisotopic (exact) mass is 2090 g/mol. The van der Waals surface area contributed by atoms with Gasteiger partial charge in [0.25, 0.3) is 0 Å². The molecule has 0 saturated heterocycles. The quantitative estimate of drug-likeness (QED) is 0.0158. The van der Waals surface area contributed by atoms with Gasteiger partial charge in [-0.05, 0) is 148 Å². The van der Waals surface area contributed by atoms with Gasteiger partial charge in [0, 0.05) is 171 Å². The molecule has 19 N–H and O–H groups in total. The van der Waals surface area contributed by atoms with Gasteiger partial charge in [-0.1, -0.05) is 100 Å². The third kappa shape index (κ3) is 59.5. The van der Waals surface area contributed by atoms with Crippen LogP contribution in [0.25, 0.3) is 0 Å². The lowest BCUT2D eigenvalue weighted by Crippen LogP contribution is -2.22. The molecule has 0 amide bonds. The number of nitrogens with zero attached hydrogens (tertiary/aromatic N) is 40. The van der Waals surface area contributed by atoms with Crippen LogP contribution in [0.4, 0.5) is 131 Å². The molecular formula is C95H179N55. The van der Waals surface area contributed by atoms with Crippen LogP contribution >= 0.6 is 0 Å². The lowest BCUT2D eigenvalue weighted by molar-refractivity contribution is 0.694. The molecule has 0 radical (unpaired) electrons. The summed E-state index contributed by atoms with van der Waals surface area (Å²) in [6, 6.07) is 0. The van der Waals surface area contributed by atoms with Crippen LogP contribution in [0.2, 0.25) is 0 Å². The molecule has 0 bridgehead atoms. The van der Waals surface area contributed by atoms with E-state index in [-0.39, 0.29) is 17.8 Å². The molecule has 55 heteroatoms. The molecule has 11 aromatic heterocycles. The average Bonchev–Trinajstić information content (AvgIpc) is 0.905. The summed E-state index contributed by atoms with van der Waals surface area (Å²) in [6.45, 7) is 53.2. The van der Waals surface area contributed by atoms with Gasteiger partial charge < -0.3 is 116 Å². The van der Waals surface area contributed by atoms with E-state index in [1.165, 1.54) is 25.7 Å². The van der Waals surface area contributed by atoms with E-state index in [1.54, 1.807) is 42.0 Å². The van der Waals surface area contributed by atoms with E-state index in [0.29, 0.717) is 142 Å². The Morgan fingerprint density at radius 1 is 0.180 bits per heavy atom. The molecule has 0 aliphatic carbocycles. The molecule has 834 valence electrons. The Morgan fingerprint density at radius 3 is 0.640 bits per heavy atom. The van der Waals surface area contributed by atoms with Crippen molar-refractivity contribution in [3.63, 3.8) is 0 Å². The number of aromatic nitrogens is 33. The van der Waals surface area contributed by atoms with E-state index < -0.39 is 0 Å². The van der Waals surface area contributed by atoms with Gasteiger partial charge in [0.15, 0.2) is 0 Å². The number of nitrogen functional groups attached to an aromatic ring is 4. The van der Waals surface area contributed by atoms with Crippen LogP contribution in [0, 0.1) is 76.2 Å². The highest BCUT2D eigenvalue weighted by Crippen LogP contribution is 2.17. The smallest absolute Gasteiger partial charge is 0.230 e. The van der Waals surface area contributed by atoms with Gasteiger partial charge >= 0.3 is 0 Å². The maximum atomic E-state index is 5.56. The summed E-state index contributed by atoms with van der Waals surface area (Å²) in [5.41, 5.74) is 22.1.